The van der Waals surface area contributed by atoms with E-state index in [1.807, 2.05) is 0 Å². The summed E-state index contributed by atoms with van der Waals surface area (Å²) in [5.41, 5.74) is 6.84. The Labute approximate surface area is 134 Å². The minimum Gasteiger partial charge on any atom is -0.399 e. The van der Waals surface area contributed by atoms with Crippen LogP contribution in [0.4, 0.5) is 5.69 Å². The maximum absolute atomic E-state index is 12.7. The lowest BCUT2D eigenvalue weighted by atomic mass is 10.2. The lowest BCUT2D eigenvalue weighted by Gasteiger charge is -2.32. The molecule has 1 aromatic heterocycles. The molecule has 0 saturated carbocycles. The van der Waals surface area contributed by atoms with Crippen molar-refractivity contribution in [2.75, 3.05) is 45.6 Å². The second-order valence-corrected chi connectivity index (χ2v) is 6.06. The number of likely N-dealkylation sites (N-methyl/N-ethyl adjacent to an activating group) is 1. The van der Waals surface area contributed by atoms with E-state index in [1.165, 1.54) is 0 Å². The summed E-state index contributed by atoms with van der Waals surface area (Å²) in [7, 11) is 2.11. The van der Waals surface area contributed by atoms with Crippen LogP contribution in [0.2, 0.25) is 0 Å². The van der Waals surface area contributed by atoms with Gasteiger partial charge in [0.05, 0.1) is 30.6 Å². The summed E-state index contributed by atoms with van der Waals surface area (Å²) < 4.78 is 1.57. The number of nitrogens with two attached hydrogens (primary N) is 1. The van der Waals surface area contributed by atoms with Crippen molar-refractivity contribution in [3.63, 3.8) is 0 Å². The number of aromatic nitrogens is 2. The van der Waals surface area contributed by atoms with Crippen molar-refractivity contribution in [1.82, 2.24) is 19.4 Å². The highest BCUT2D eigenvalue weighted by molar-refractivity contribution is 5.81. The van der Waals surface area contributed by atoms with Crippen LogP contribution in [0, 0.1) is 0 Å². The number of benzene rings is 1. The molecule has 0 amide bonds. The van der Waals surface area contributed by atoms with E-state index in [-0.39, 0.29) is 18.7 Å². The molecular weight excluding hydrogens is 294 g/mol. The summed E-state index contributed by atoms with van der Waals surface area (Å²) in [6.45, 7) is 4.69. The number of nitrogens with zero attached hydrogens (tertiary/aromatic N) is 4. The molecule has 0 spiro atoms. The highest BCUT2D eigenvalue weighted by atomic mass is 16.3. The van der Waals surface area contributed by atoms with Crippen molar-refractivity contribution in [2.45, 2.75) is 13.1 Å². The molecule has 0 atom stereocenters. The summed E-state index contributed by atoms with van der Waals surface area (Å²) in [6.07, 6.45) is 0. The van der Waals surface area contributed by atoms with Gasteiger partial charge >= 0.3 is 0 Å². The molecule has 0 unspecified atom stereocenters. The van der Waals surface area contributed by atoms with Crippen LogP contribution in [0.15, 0.2) is 23.0 Å². The molecule has 1 aromatic carbocycles. The van der Waals surface area contributed by atoms with E-state index in [0.29, 0.717) is 29.0 Å². The van der Waals surface area contributed by atoms with E-state index in [4.69, 9.17) is 5.73 Å². The average molecular weight is 317 g/mol. The summed E-state index contributed by atoms with van der Waals surface area (Å²) >= 11 is 0. The number of piperazine rings is 1. The standard InChI is InChI=1S/C16H23N5O2/c1-19-4-6-20(7-5-19)11-15-18-14-3-2-12(17)10-13(14)16(23)21(15)8-9-22/h2-3,10,22H,4-9,11,17H2,1H3. The Kier molecular flexibility index (Phi) is 4.61. The molecule has 7 nitrogen and oxygen atoms in total. The highest BCUT2D eigenvalue weighted by Crippen LogP contribution is 2.14. The molecule has 1 saturated heterocycles. The van der Waals surface area contributed by atoms with Crippen LogP contribution in [-0.4, -0.2) is 64.3 Å². The number of anilines is 1. The summed E-state index contributed by atoms with van der Waals surface area (Å²) in [5, 5.41) is 9.80. The van der Waals surface area contributed by atoms with Gasteiger partial charge in [-0.05, 0) is 25.2 Å². The molecule has 7 heteroatoms. The van der Waals surface area contributed by atoms with Crippen molar-refractivity contribution in [3.05, 3.63) is 34.4 Å². The molecular formula is C16H23N5O2. The van der Waals surface area contributed by atoms with Crippen molar-refractivity contribution in [2.24, 2.45) is 0 Å². The third kappa shape index (κ3) is 3.36. The van der Waals surface area contributed by atoms with Crippen LogP contribution in [0.1, 0.15) is 5.82 Å². The first-order chi connectivity index (χ1) is 11.1. The van der Waals surface area contributed by atoms with Gasteiger partial charge in [0.15, 0.2) is 0 Å². The van der Waals surface area contributed by atoms with Gasteiger partial charge in [-0.3, -0.25) is 14.3 Å². The summed E-state index contributed by atoms with van der Waals surface area (Å²) in [6, 6.07) is 5.19. The zero-order valence-corrected chi connectivity index (χ0v) is 13.4. The van der Waals surface area contributed by atoms with Crippen LogP contribution < -0.4 is 11.3 Å². The lowest BCUT2D eigenvalue weighted by Crippen LogP contribution is -2.45. The van der Waals surface area contributed by atoms with Gasteiger partial charge in [-0.1, -0.05) is 0 Å². The fraction of sp³-hybridized carbons (Fsp3) is 0.500. The number of hydrogen-bond acceptors (Lipinski definition) is 6. The quantitative estimate of drug-likeness (QED) is 0.754. The lowest BCUT2D eigenvalue weighted by molar-refractivity contribution is 0.143. The van der Waals surface area contributed by atoms with Crippen molar-refractivity contribution in [1.29, 1.82) is 0 Å². The van der Waals surface area contributed by atoms with Gasteiger partial charge in [0, 0.05) is 31.9 Å². The van der Waals surface area contributed by atoms with Gasteiger partial charge in [-0.2, -0.15) is 0 Å². The number of aliphatic hydroxyl groups is 1. The average Bonchev–Trinajstić information content (AvgIpc) is 2.54. The molecule has 2 heterocycles. The number of hydrogen-bond donors (Lipinski definition) is 2. The Hall–Kier alpha value is -1.96. The second kappa shape index (κ2) is 6.66. The van der Waals surface area contributed by atoms with Gasteiger partial charge in [-0.15, -0.1) is 0 Å². The predicted molar refractivity (Wildman–Crippen MR) is 90.3 cm³/mol. The smallest absolute Gasteiger partial charge is 0.261 e. The maximum Gasteiger partial charge on any atom is 0.261 e. The Bertz CT molecular complexity index is 750. The van der Waals surface area contributed by atoms with E-state index in [9.17, 15) is 9.90 Å². The summed E-state index contributed by atoms with van der Waals surface area (Å²) in [5.74, 6) is 0.700. The zero-order chi connectivity index (χ0) is 16.4. The molecule has 3 N–H and O–H groups in total. The van der Waals surface area contributed by atoms with Crippen LogP contribution in [0.5, 0.6) is 0 Å². The Morgan fingerprint density at radius 3 is 2.70 bits per heavy atom. The minimum atomic E-state index is -0.138. The third-order valence-electron chi connectivity index (χ3n) is 4.34. The maximum atomic E-state index is 12.7. The zero-order valence-electron chi connectivity index (χ0n) is 13.4. The molecule has 0 radical (unpaired) electrons. The molecule has 0 aliphatic carbocycles. The largest absolute Gasteiger partial charge is 0.399 e. The molecule has 3 rings (SSSR count). The Balaban J connectivity index is 1.99. The highest BCUT2D eigenvalue weighted by Gasteiger charge is 2.18. The molecule has 0 bridgehead atoms. The van der Waals surface area contributed by atoms with Gasteiger partial charge in [0.2, 0.25) is 0 Å². The predicted octanol–water partition coefficient (Wildman–Crippen LogP) is -0.282. The van der Waals surface area contributed by atoms with E-state index in [1.54, 1.807) is 22.8 Å². The molecule has 1 aliphatic rings. The molecule has 1 fully saturated rings. The molecule has 1 aliphatic heterocycles. The van der Waals surface area contributed by atoms with E-state index >= 15 is 0 Å². The first-order valence-corrected chi connectivity index (χ1v) is 7.89. The molecule has 124 valence electrons. The van der Waals surface area contributed by atoms with Crippen LogP contribution in [-0.2, 0) is 13.1 Å². The van der Waals surface area contributed by atoms with Gasteiger partial charge < -0.3 is 15.7 Å². The Morgan fingerprint density at radius 2 is 2.00 bits per heavy atom. The topological polar surface area (TPSA) is 87.6 Å². The fourth-order valence-corrected chi connectivity index (χ4v) is 2.94. The van der Waals surface area contributed by atoms with E-state index < -0.39 is 0 Å². The molecule has 2 aromatic rings. The van der Waals surface area contributed by atoms with E-state index in [2.05, 4.69) is 21.8 Å². The Morgan fingerprint density at radius 1 is 1.26 bits per heavy atom. The second-order valence-electron chi connectivity index (χ2n) is 6.06. The van der Waals surface area contributed by atoms with Gasteiger partial charge in [0.25, 0.3) is 5.56 Å². The number of aliphatic hydroxyl groups excluding tert-OH is 1. The van der Waals surface area contributed by atoms with Gasteiger partial charge in [0.1, 0.15) is 5.82 Å². The van der Waals surface area contributed by atoms with Crippen molar-refractivity contribution < 1.29 is 5.11 Å². The van der Waals surface area contributed by atoms with Crippen LogP contribution >= 0.6 is 0 Å². The number of nitrogen functional groups attached to an aromatic ring is 1. The summed E-state index contributed by atoms with van der Waals surface area (Å²) in [4.78, 5) is 21.9. The number of rotatable bonds is 4. The fourth-order valence-electron chi connectivity index (χ4n) is 2.94. The monoisotopic (exact) mass is 317 g/mol. The first kappa shape index (κ1) is 15.9. The SMILES string of the molecule is CN1CCN(Cc2nc3ccc(N)cc3c(=O)n2CCO)CC1. The van der Waals surface area contributed by atoms with Gasteiger partial charge in [-0.25, -0.2) is 4.98 Å². The minimum absolute atomic E-state index is 0.0921. The van der Waals surface area contributed by atoms with Crippen molar-refractivity contribution in [3.8, 4) is 0 Å². The molecule has 23 heavy (non-hydrogen) atoms. The van der Waals surface area contributed by atoms with E-state index in [0.717, 1.165) is 26.2 Å². The number of fused-ring (bicyclic) bond motifs is 1. The normalized spacial score (nSPS) is 17.0. The first-order valence-electron chi connectivity index (χ1n) is 7.89. The van der Waals surface area contributed by atoms with Crippen LogP contribution in [0.25, 0.3) is 10.9 Å². The van der Waals surface area contributed by atoms with Crippen LogP contribution in [0.3, 0.4) is 0 Å². The third-order valence-corrected chi connectivity index (χ3v) is 4.34. The van der Waals surface area contributed by atoms with Crippen molar-refractivity contribution >= 4 is 16.6 Å².